The first kappa shape index (κ1) is 21.8. The predicted molar refractivity (Wildman–Crippen MR) is 130 cm³/mol. The van der Waals surface area contributed by atoms with Crippen LogP contribution < -0.4 is 10.2 Å². The van der Waals surface area contributed by atoms with Crippen LogP contribution >= 0.6 is 0 Å². The molecule has 0 atom stereocenters. The SMILES string of the molecule is Cc1ccc(Nc2cc(N3CCN(C(=O)CCc4cccc(C)c4)CC3)nc(C)n2)cc1. The van der Waals surface area contributed by atoms with Gasteiger partial charge in [-0.05, 0) is 44.9 Å². The van der Waals surface area contributed by atoms with E-state index in [1.807, 2.05) is 30.0 Å². The molecule has 6 heteroatoms. The second-order valence-electron chi connectivity index (χ2n) is 8.51. The van der Waals surface area contributed by atoms with Gasteiger partial charge in [0.05, 0.1) is 0 Å². The molecule has 32 heavy (non-hydrogen) atoms. The Morgan fingerprint density at radius 2 is 1.66 bits per heavy atom. The molecule has 0 spiro atoms. The molecule has 2 heterocycles. The van der Waals surface area contributed by atoms with Crippen LogP contribution in [0, 0.1) is 20.8 Å². The van der Waals surface area contributed by atoms with Crippen molar-refractivity contribution in [2.75, 3.05) is 36.4 Å². The van der Waals surface area contributed by atoms with Crippen molar-refractivity contribution in [1.82, 2.24) is 14.9 Å². The number of hydrogen-bond acceptors (Lipinski definition) is 5. The van der Waals surface area contributed by atoms with E-state index < -0.39 is 0 Å². The van der Waals surface area contributed by atoms with Gasteiger partial charge in [0.15, 0.2) is 0 Å². The summed E-state index contributed by atoms with van der Waals surface area (Å²) < 4.78 is 0. The molecule has 1 aliphatic heterocycles. The fourth-order valence-electron chi connectivity index (χ4n) is 4.02. The third-order valence-corrected chi connectivity index (χ3v) is 5.81. The molecule has 0 radical (unpaired) electrons. The lowest BCUT2D eigenvalue weighted by atomic mass is 10.1. The van der Waals surface area contributed by atoms with Crippen molar-refractivity contribution < 1.29 is 4.79 Å². The Morgan fingerprint density at radius 3 is 2.38 bits per heavy atom. The van der Waals surface area contributed by atoms with Gasteiger partial charge in [0.25, 0.3) is 0 Å². The summed E-state index contributed by atoms with van der Waals surface area (Å²) in [7, 11) is 0. The van der Waals surface area contributed by atoms with Crippen LogP contribution in [0.1, 0.15) is 28.9 Å². The quantitative estimate of drug-likeness (QED) is 0.628. The van der Waals surface area contributed by atoms with Crippen molar-refractivity contribution in [3.8, 4) is 0 Å². The van der Waals surface area contributed by atoms with E-state index in [0.29, 0.717) is 6.42 Å². The topological polar surface area (TPSA) is 61.4 Å². The number of carbonyl (C=O) groups is 1. The standard InChI is InChI=1S/C26H31N5O/c1-19-7-10-23(11-8-19)29-24-18-25(28-21(3)27-24)30-13-15-31(16-14-30)26(32)12-9-22-6-4-5-20(2)17-22/h4-8,10-11,17-18H,9,12-16H2,1-3H3,(H,27,28,29). The molecule has 0 unspecified atom stereocenters. The Morgan fingerprint density at radius 1 is 0.906 bits per heavy atom. The van der Waals surface area contributed by atoms with E-state index in [1.165, 1.54) is 16.7 Å². The first-order valence-corrected chi connectivity index (χ1v) is 11.2. The van der Waals surface area contributed by atoms with Gasteiger partial charge in [-0.1, -0.05) is 47.5 Å². The second kappa shape index (κ2) is 9.81. The zero-order chi connectivity index (χ0) is 22.5. The van der Waals surface area contributed by atoms with Gasteiger partial charge in [0.1, 0.15) is 17.5 Å². The van der Waals surface area contributed by atoms with E-state index in [2.05, 4.69) is 70.4 Å². The van der Waals surface area contributed by atoms with Crippen LogP contribution in [-0.4, -0.2) is 47.0 Å². The van der Waals surface area contributed by atoms with Crippen molar-refractivity contribution in [2.24, 2.45) is 0 Å². The first-order valence-electron chi connectivity index (χ1n) is 11.2. The van der Waals surface area contributed by atoms with Gasteiger partial charge < -0.3 is 15.1 Å². The summed E-state index contributed by atoms with van der Waals surface area (Å²) in [5.74, 6) is 2.65. The summed E-state index contributed by atoms with van der Waals surface area (Å²) in [6.07, 6.45) is 1.35. The summed E-state index contributed by atoms with van der Waals surface area (Å²) in [5, 5.41) is 3.37. The lowest BCUT2D eigenvalue weighted by Crippen LogP contribution is -2.49. The largest absolute Gasteiger partial charge is 0.353 e. The van der Waals surface area contributed by atoms with Crippen LogP contribution in [-0.2, 0) is 11.2 Å². The number of aryl methyl sites for hydroxylation is 4. The van der Waals surface area contributed by atoms with E-state index in [9.17, 15) is 4.79 Å². The summed E-state index contributed by atoms with van der Waals surface area (Å²) in [6, 6.07) is 18.6. The first-order chi connectivity index (χ1) is 15.5. The monoisotopic (exact) mass is 429 g/mol. The molecule has 0 saturated carbocycles. The van der Waals surface area contributed by atoms with E-state index in [4.69, 9.17) is 0 Å². The van der Waals surface area contributed by atoms with Crippen molar-refractivity contribution in [3.05, 3.63) is 77.1 Å². The van der Waals surface area contributed by atoms with Crippen LogP contribution in [0.25, 0.3) is 0 Å². The van der Waals surface area contributed by atoms with Gasteiger partial charge in [-0.15, -0.1) is 0 Å². The highest BCUT2D eigenvalue weighted by molar-refractivity contribution is 5.76. The number of nitrogens with zero attached hydrogens (tertiary/aromatic N) is 4. The fraction of sp³-hybridized carbons (Fsp3) is 0.346. The molecule has 1 saturated heterocycles. The van der Waals surface area contributed by atoms with Crippen molar-refractivity contribution >= 4 is 23.2 Å². The zero-order valence-corrected chi connectivity index (χ0v) is 19.1. The van der Waals surface area contributed by atoms with E-state index in [-0.39, 0.29) is 5.91 Å². The highest BCUT2D eigenvalue weighted by Crippen LogP contribution is 2.21. The number of carbonyl (C=O) groups excluding carboxylic acids is 1. The molecular formula is C26H31N5O. The molecule has 1 aromatic heterocycles. The third-order valence-electron chi connectivity index (χ3n) is 5.81. The van der Waals surface area contributed by atoms with Crippen molar-refractivity contribution in [2.45, 2.75) is 33.6 Å². The van der Waals surface area contributed by atoms with Gasteiger partial charge in [0.2, 0.25) is 5.91 Å². The number of nitrogens with one attached hydrogen (secondary N) is 1. The Bertz CT molecular complexity index is 1070. The second-order valence-corrected chi connectivity index (χ2v) is 8.51. The number of piperazine rings is 1. The summed E-state index contributed by atoms with van der Waals surface area (Å²) >= 11 is 0. The van der Waals surface area contributed by atoms with Gasteiger partial charge in [-0.3, -0.25) is 4.79 Å². The lowest BCUT2D eigenvalue weighted by Gasteiger charge is -2.35. The molecule has 1 aliphatic rings. The van der Waals surface area contributed by atoms with E-state index in [1.54, 1.807) is 0 Å². The smallest absolute Gasteiger partial charge is 0.223 e. The van der Waals surface area contributed by atoms with Crippen LogP contribution in [0.2, 0.25) is 0 Å². The molecule has 1 N–H and O–H groups in total. The molecule has 2 aromatic carbocycles. The van der Waals surface area contributed by atoms with Gasteiger partial charge in [0, 0.05) is 44.4 Å². The molecule has 166 valence electrons. The molecule has 0 aliphatic carbocycles. The van der Waals surface area contributed by atoms with Crippen LogP contribution in [0.4, 0.5) is 17.3 Å². The van der Waals surface area contributed by atoms with Gasteiger partial charge >= 0.3 is 0 Å². The minimum atomic E-state index is 0.228. The maximum atomic E-state index is 12.7. The zero-order valence-electron chi connectivity index (χ0n) is 19.1. The van der Waals surface area contributed by atoms with Gasteiger partial charge in [-0.25, -0.2) is 9.97 Å². The molecule has 6 nitrogen and oxygen atoms in total. The van der Waals surface area contributed by atoms with Crippen molar-refractivity contribution in [1.29, 1.82) is 0 Å². The van der Waals surface area contributed by atoms with Crippen LogP contribution in [0.5, 0.6) is 0 Å². The lowest BCUT2D eigenvalue weighted by molar-refractivity contribution is -0.131. The minimum absolute atomic E-state index is 0.228. The predicted octanol–water partition coefficient (Wildman–Crippen LogP) is 4.43. The Kier molecular flexibility index (Phi) is 6.69. The Balaban J connectivity index is 1.33. The molecule has 1 amide bonds. The average molecular weight is 430 g/mol. The van der Waals surface area contributed by atoms with Crippen LogP contribution in [0.15, 0.2) is 54.6 Å². The summed E-state index contributed by atoms with van der Waals surface area (Å²) in [6.45, 7) is 9.06. The normalized spacial score (nSPS) is 13.8. The maximum Gasteiger partial charge on any atom is 0.223 e. The molecule has 0 bridgehead atoms. The molecule has 3 aromatic rings. The number of amides is 1. The summed E-state index contributed by atoms with van der Waals surface area (Å²) in [5.41, 5.74) is 4.69. The molecular weight excluding hydrogens is 398 g/mol. The third kappa shape index (κ3) is 5.63. The highest BCUT2D eigenvalue weighted by Gasteiger charge is 2.22. The number of benzene rings is 2. The summed E-state index contributed by atoms with van der Waals surface area (Å²) in [4.78, 5) is 26.1. The number of rotatable bonds is 6. The maximum absolute atomic E-state index is 12.7. The Labute approximate surface area is 190 Å². The highest BCUT2D eigenvalue weighted by atomic mass is 16.2. The van der Waals surface area contributed by atoms with Gasteiger partial charge in [-0.2, -0.15) is 0 Å². The van der Waals surface area contributed by atoms with Crippen LogP contribution in [0.3, 0.4) is 0 Å². The molecule has 4 rings (SSSR count). The number of anilines is 3. The average Bonchev–Trinajstić information content (AvgIpc) is 2.79. The van der Waals surface area contributed by atoms with E-state index in [0.717, 1.165) is 55.7 Å². The minimum Gasteiger partial charge on any atom is -0.353 e. The number of hydrogen-bond donors (Lipinski definition) is 1. The van der Waals surface area contributed by atoms with Crippen molar-refractivity contribution in [3.63, 3.8) is 0 Å². The van der Waals surface area contributed by atoms with E-state index >= 15 is 0 Å². The number of aromatic nitrogens is 2. The fourth-order valence-corrected chi connectivity index (χ4v) is 4.02. The molecule has 1 fully saturated rings. The Hall–Kier alpha value is -3.41.